The summed E-state index contributed by atoms with van der Waals surface area (Å²) in [5.41, 5.74) is 2.87. The number of nitrogens with one attached hydrogen (secondary N) is 1. The minimum Gasteiger partial charge on any atom is -0.349 e. The number of thiazole rings is 1. The van der Waals surface area contributed by atoms with E-state index >= 15 is 0 Å². The van der Waals surface area contributed by atoms with Crippen molar-refractivity contribution in [2.24, 2.45) is 5.92 Å². The maximum Gasteiger partial charge on any atom is 0.243 e. The van der Waals surface area contributed by atoms with Gasteiger partial charge in [-0.2, -0.15) is 4.31 Å². The third-order valence-corrected chi connectivity index (χ3v) is 8.19. The van der Waals surface area contributed by atoms with Crippen LogP contribution in [0.5, 0.6) is 0 Å². The highest BCUT2D eigenvalue weighted by molar-refractivity contribution is 7.89. The molecule has 0 spiro atoms. The van der Waals surface area contributed by atoms with Crippen LogP contribution in [0.3, 0.4) is 0 Å². The summed E-state index contributed by atoms with van der Waals surface area (Å²) in [4.78, 5) is 21.5. The largest absolute Gasteiger partial charge is 0.349 e. The second-order valence-electron chi connectivity index (χ2n) is 7.57. The van der Waals surface area contributed by atoms with E-state index in [1.54, 1.807) is 36.7 Å². The SMILES string of the molecule is Cc1ccc(S(=O)(=O)N2CCC(C(=O)NCc3nc(-c4ccncc4)cs3)CC2)cc1. The zero-order chi connectivity index (χ0) is 21.8. The van der Waals surface area contributed by atoms with Gasteiger partial charge in [0.2, 0.25) is 15.9 Å². The van der Waals surface area contributed by atoms with Gasteiger partial charge in [-0.05, 0) is 44.0 Å². The summed E-state index contributed by atoms with van der Waals surface area (Å²) < 4.78 is 27.1. The van der Waals surface area contributed by atoms with Crippen molar-refractivity contribution in [1.29, 1.82) is 0 Å². The summed E-state index contributed by atoms with van der Waals surface area (Å²) in [5, 5.41) is 5.75. The molecule has 0 aliphatic carbocycles. The van der Waals surface area contributed by atoms with E-state index in [1.165, 1.54) is 15.6 Å². The van der Waals surface area contributed by atoms with E-state index < -0.39 is 10.0 Å². The topological polar surface area (TPSA) is 92.3 Å². The van der Waals surface area contributed by atoms with Gasteiger partial charge in [-0.15, -0.1) is 11.3 Å². The van der Waals surface area contributed by atoms with Crippen molar-refractivity contribution >= 4 is 27.3 Å². The maximum absolute atomic E-state index is 12.8. The molecule has 3 aromatic rings. The van der Waals surface area contributed by atoms with Crippen LogP contribution in [0.2, 0.25) is 0 Å². The number of carbonyl (C=O) groups is 1. The Labute approximate surface area is 186 Å². The molecule has 1 aromatic carbocycles. The fourth-order valence-corrected chi connectivity index (χ4v) is 5.78. The van der Waals surface area contributed by atoms with Gasteiger partial charge in [0.25, 0.3) is 0 Å². The van der Waals surface area contributed by atoms with Gasteiger partial charge in [0, 0.05) is 42.3 Å². The van der Waals surface area contributed by atoms with Crippen LogP contribution < -0.4 is 5.32 Å². The maximum atomic E-state index is 12.8. The van der Waals surface area contributed by atoms with Crippen LogP contribution in [0.1, 0.15) is 23.4 Å². The number of aryl methyl sites for hydroxylation is 1. The standard InChI is InChI=1S/C22H24N4O3S2/c1-16-2-4-19(5-3-16)31(28,29)26-12-8-18(9-13-26)22(27)24-14-21-25-20(15-30-21)17-6-10-23-11-7-17/h2-7,10-11,15,18H,8-9,12-14H2,1H3,(H,24,27). The predicted octanol–water partition coefficient (Wildman–Crippen LogP) is 3.23. The van der Waals surface area contributed by atoms with Crippen molar-refractivity contribution < 1.29 is 13.2 Å². The molecule has 3 heterocycles. The second kappa shape index (κ2) is 9.25. The lowest BCUT2D eigenvalue weighted by Crippen LogP contribution is -2.42. The smallest absolute Gasteiger partial charge is 0.243 e. The first-order valence-electron chi connectivity index (χ1n) is 10.1. The van der Waals surface area contributed by atoms with Crippen molar-refractivity contribution in [3.63, 3.8) is 0 Å². The molecular formula is C22H24N4O3S2. The fraction of sp³-hybridized carbons (Fsp3) is 0.318. The van der Waals surface area contributed by atoms with Crippen molar-refractivity contribution in [3.05, 3.63) is 64.7 Å². The van der Waals surface area contributed by atoms with Crippen LogP contribution in [0.4, 0.5) is 0 Å². The summed E-state index contributed by atoms with van der Waals surface area (Å²) in [6.45, 7) is 2.98. The molecule has 1 N–H and O–H groups in total. The number of hydrogen-bond acceptors (Lipinski definition) is 6. The Morgan fingerprint density at radius 2 is 1.81 bits per heavy atom. The zero-order valence-electron chi connectivity index (χ0n) is 17.2. The Morgan fingerprint density at radius 3 is 2.48 bits per heavy atom. The molecule has 162 valence electrons. The minimum absolute atomic E-state index is 0.0481. The first-order valence-corrected chi connectivity index (χ1v) is 12.4. The summed E-state index contributed by atoms with van der Waals surface area (Å²) in [6.07, 6.45) is 4.47. The lowest BCUT2D eigenvalue weighted by Gasteiger charge is -2.30. The average Bonchev–Trinajstić information content (AvgIpc) is 3.27. The summed E-state index contributed by atoms with van der Waals surface area (Å²) in [5.74, 6) is -0.239. The Bertz CT molecular complexity index is 1140. The molecule has 0 saturated carbocycles. The monoisotopic (exact) mass is 456 g/mol. The van der Waals surface area contributed by atoms with Gasteiger partial charge in [0.1, 0.15) is 5.01 Å². The lowest BCUT2D eigenvalue weighted by atomic mass is 9.97. The van der Waals surface area contributed by atoms with E-state index in [9.17, 15) is 13.2 Å². The van der Waals surface area contributed by atoms with E-state index in [2.05, 4.69) is 15.3 Å². The van der Waals surface area contributed by atoms with Crippen LogP contribution in [-0.4, -0.2) is 41.7 Å². The number of nitrogens with zero attached hydrogens (tertiary/aromatic N) is 3. The normalized spacial score (nSPS) is 15.6. The quantitative estimate of drug-likeness (QED) is 0.615. The third-order valence-electron chi connectivity index (χ3n) is 5.43. The molecule has 9 heteroatoms. The molecule has 0 atom stereocenters. The number of carbonyl (C=O) groups excluding carboxylic acids is 1. The second-order valence-corrected chi connectivity index (χ2v) is 10.5. The molecule has 1 amide bonds. The molecule has 31 heavy (non-hydrogen) atoms. The minimum atomic E-state index is -3.52. The Balaban J connectivity index is 1.30. The summed E-state index contributed by atoms with van der Waals surface area (Å²) in [7, 11) is -3.52. The van der Waals surface area contributed by atoms with Crippen molar-refractivity contribution in [2.75, 3.05) is 13.1 Å². The van der Waals surface area contributed by atoms with Gasteiger partial charge >= 0.3 is 0 Å². The third kappa shape index (κ3) is 5.00. The molecule has 7 nitrogen and oxygen atoms in total. The molecule has 1 fully saturated rings. The zero-order valence-corrected chi connectivity index (χ0v) is 18.8. The highest BCUT2D eigenvalue weighted by Crippen LogP contribution is 2.25. The lowest BCUT2D eigenvalue weighted by molar-refractivity contribution is -0.126. The van der Waals surface area contributed by atoms with Crippen LogP contribution in [0.25, 0.3) is 11.3 Å². The van der Waals surface area contributed by atoms with Crippen molar-refractivity contribution in [1.82, 2.24) is 19.6 Å². The Morgan fingerprint density at radius 1 is 1.13 bits per heavy atom. The van der Waals surface area contributed by atoms with Crippen LogP contribution in [0, 0.1) is 12.8 Å². The fourth-order valence-electron chi connectivity index (χ4n) is 3.57. The van der Waals surface area contributed by atoms with E-state index in [4.69, 9.17) is 0 Å². The first kappa shape index (κ1) is 21.6. The van der Waals surface area contributed by atoms with Gasteiger partial charge in [0.05, 0.1) is 17.1 Å². The molecule has 0 bridgehead atoms. The van der Waals surface area contributed by atoms with Crippen molar-refractivity contribution in [3.8, 4) is 11.3 Å². The number of piperidine rings is 1. The van der Waals surface area contributed by atoms with Crippen LogP contribution in [0.15, 0.2) is 59.1 Å². The average molecular weight is 457 g/mol. The number of hydrogen-bond donors (Lipinski definition) is 1. The van der Waals surface area contributed by atoms with E-state index in [0.717, 1.165) is 21.8 Å². The van der Waals surface area contributed by atoms with E-state index in [0.29, 0.717) is 37.4 Å². The van der Waals surface area contributed by atoms with Gasteiger partial charge in [-0.25, -0.2) is 13.4 Å². The molecule has 1 saturated heterocycles. The van der Waals surface area contributed by atoms with Gasteiger partial charge in [0.15, 0.2) is 0 Å². The molecule has 1 aliphatic rings. The van der Waals surface area contributed by atoms with Crippen LogP contribution >= 0.6 is 11.3 Å². The molecule has 4 rings (SSSR count). The number of sulfonamides is 1. The molecule has 2 aromatic heterocycles. The van der Waals surface area contributed by atoms with Gasteiger partial charge in [-0.1, -0.05) is 17.7 Å². The highest BCUT2D eigenvalue weighted by Gasteiger charge is 2.32. The summed E-state index contributed by atoms with van der Waals surface area (Å²) in [6, 6.07) is 10.7. The molecule has 0 unspecified atom stereocenters. The Hall–Kier alpha value is -2.62. The van der Waals surface area contributed by atoms with Crippen molar-refractivity contribution in [2.45, 2.75) is 31.2 Å². The van der Waals surface area contributed by atoms with Gasteiger partial charge in [-0.3, -0.25) is 9.78 Å². The predicted molar refractivity (Wildman–Crippen MR) is 120 cm³/mol. The molecule has 1 aliphatic heterocycles. The highest BCUT2D eigenvalue weighted by atomic mass is 32.2. The molecule has 0 radical (unpaired) electrons. The number of amides is 1. The Kier molecular flexibility index (Phi) is 6.45. The first-order chi connectivity index (χ1) is 14.9. The van der Waals surface area contributed by atoms with E-state index in [-0.39, 0.29) is 11.8 Å². The van der Waals surface area contributed by atoms with Gasteiger partial charge < -0.3 is 5.32 Å². The summed E-state index contributed by atoms with van der Waals surface area (Å²) >= 11 is 1.50. The number of pyridine rings is 1. The molecular weight excluding hydrogens is 432 g/mol. The van der Waals surface area contributed by atoms with Crippen LogP contribution in [-0.2, 0) is 21.4 Å². The number of aromatic nitrogens is 2. The number of rotatable bonds is 6. The number of benzene rings is 1. The van der Waals surface area contributed by atoms with E-state index in [1.807, 2.05) is 24.4 Å².